The minimum absolute atomic E-state index is 0.190. The smallest absolute Gasteiger partial charge is 0.222 e. The van der Waals surface area contributed by atoms with Crippen molar-refractivity contribution in [2.24, 2.45) is 7.05 Å². The van der Waals surface area contributed by atoms with Crippen LogP contribution in [0.4, 0.5) is 11.8 Å². The predicted molar refractivity (Wildman–Crippen MR) is 108 cm³/mol. The fourth-order valence-corrected chi connectivity index (χ4v) is 3.74. The first-order chi connectivity index (χ1) is 12.6. The molecule has 0 saturated carbocycles. The van der Waals surface area contributed by atoms with Crippen LogP contribution in [0.5, 0.6) is 0 Å². The van der Waals surface area contributed by atoms with Gasteiger partial charge in [0.25, 0.3) is 0 Å². The summed E-state index contributed by atoms with van der Waals surface area (Å²) in [6, 6.07) is 18.9. The molecule has 0 radical (unpaired) electrons. The fraction of sp³-hybridized carbons (Fsp3) is 0.0476. The molecule has 0 amide bonds. The van der Waals surface area contributed by atoms with Gasteiger partial charge >= 0.3 is 0 Å². The van der Waals surface area contributed by atoms with E-state index in [1.807, 2.05) is 13.2 Å². The number of aryl methyl sites for hydroxylation is 1. The SMILES string of the molecule is Cn1ccc2c3c(N)nc(N)nc3cc(-c3ccc4ccccc4c3)c21. The Bertz CT molecular complexity index is 1320. The van der Waals surface area contributed by atoms with Gasteiger partial charge in [0.2, 0.25) is 5.95 Å². The van der Waals surface area contributed by atoms with Gasteiger partial charge in [0, 0.05) is 24.2 Å². The van der Waals surface area contributed by atoms with Crippen molar-refractivity contribution in [2.75, 3.05) is 11.5 Å². The number of nitrogens with zero attached hydrogens (tertiary/aromatic N) is 3. The van der Waals surface area contributed by atoms with Crippen LogP contribution in [0.25, 0.3) is 43.7 Å². The maximum atomic E-state index is 6.16. The largest absolute Gasteiger partial charge is 0.383 e. The monoisotopic (exact) mass is 339 g/mol. The Morgan fingerprint density at radius 1 is 0.885 bits per heavy atom. The number of hydrogen-bond donors (Lipinski definition) is 2. The van der Waals surface area contributed by atoms with E-state index in [-0.39, 0.29) is 5.95 Å². The Morgan fingerprint density at radius 3 is 2.54 bits per heavy atom. The molecule has 0 aliphatic rings. The number of anilines is 2. The third kappa shape index (κ3) is 2.04. The van der Waals surface area contributed by atoms with Crippen molar-refractivity contribution in [2.45, 2.75) is 0 Å². The Morgan fingerprint density at radius 2 is 1.69 bits per heavy atom. The Labute approximate surface area is 149 Å². The van der Waals surface area contributed by atoms with Gasteiger partial charge in [0.1, 0.15) is 5.82 Å². The maximum Gasteiger partial charge on any atom is 0.222 e. The summed E-state index contributed by atoms with van der Waals surface area (Å²) in [5.74, 6) is 0.600. The molecule has 5 rings (SSSR count). The standard InChI is InChI=1S/C21H17N5/c1-26-9-8-15-18-17(24-21(23)25-20(18)22)11-16(19(15)26)14-7-6-12-4-2-3-5-13(12)10-14/h2-11H,1H3,(H4,22,23,24,25). The molecule has 0 aliphatic heterocycles. The third-order valence-corrected chi connectivity index (χ3v) is 4.92. The summed E-state index contributed by atoms with van der Waals surface area (Å²) in [7, 11) is 2.03. The molecule has 0 fully saturated rings. The average molecular weight is 339 g/mol. The van der Waals surface area contributed by atoms with Gasteiger partial charge in [-0.15, -0.1) is 0 Å². The lowest BCUT2D eigenvalue weighted by molar-refractivity contribution is 0.970. The lowest BCUT2D eigenvalue weighted by Crippen LogP contribution is -2.01. The van der Waals surface area contributed by atoms with Crippen LogP contribution in [-0.2, 0) is 7.05 Å². The second-order valence-corrected chi connectivity index (χ2v) is 6.54. The number of benzene rings is 3. The summed E-state index contributed by atoms with van der Waals surface area (Å²) in [5.41, 5.74) is 16.1. The number of rotatable bonds is 1. The quantitative estimate of drug-likeness (QED) is 0.481. The molecule has 5 aromatic rings. The van der Waals surface area contributed by atoms with Crippen LogP contribution in [0.1, 0.15) is 0 Å². The molecule has 126 valence electrons. The molecule has 3 aromatic carbocycles. The van der Waals surface area contributed by atoms with Crippen LogP contribution in [0.2, 0.25) is 0 Å². The first-order valence-corrected chi connectivity index (χ1v) is 8.42. The molecule has 5 heteroatoms. The highest BCUT2D eigenvalue weighted by atomic mass is 15.0. The molecule has 26 heavy (non-hydrogen) atoms. The van der Waals surface area contributed by atoms with E-state index >= 15 is 0 Å². The molecule has 5 nitrogen and oxygen atoms in total. The van der Waals surface area contributed by atoms with Gasteiger partial charge in [-0.1, -0.05) is 36.4 Å². The summed E-state index contributed by atoms with van der Waals surface area (Å²) < 4.78 is 2.11. The maximum absolute atomic E-state index is 6.16. The van der Waals surface area contributed by atoms with E-state index in [9.17, 15) is 0 Å². The van der Waals surface area contributed by atoms with Gasteiger partial charge in [-0.05, 0) is 34.5 Å². The van der Waals surface area contributed by atoms with Gasteiger partial charge in [0.15, 0.2) is 0 Å². The van der Waals surface area contributed by atoms with Crippen LogP contribution in [-0.4, -0.2) is 14.5 Å². The highest BCUT2D eigenvalue weighted by Gasteiger charge is 2.15. The lowest BCUT2D eigenvalue weighted by atomic mass is 9.97. The topological polar surface area (TPSA) is 82.8 Å². The van der Waals surface area contributed by atoms with Gasteiger partial charge in [-0.2, -0.15) is 4.98 Å². The fourth-order valence-electron chi connectivity index (χ4n) is 3.74. The Balaban J connectivity index is 1.92. The highest BCUT2D eigenvalue weighted by molar-refractivity contribution is 6.15. The van der Waals surface area contributed by atoms with Crippen molar-refractivity contribution in [1.82, 2.24) is 14.5 Å². The molecule has 0 unspecified atom stereocenters. The minimum Gasteiger partial charge on any atom is -0.383 e. The summed E-state index contributed by atoms with van der Waals surface area (Å²) >= 11 is 0. The van der Waals surface area contributed by atoms with Crippen LogP contribution in [0, 0.1) is 0 Å². The van der Waals surface area contributed by atoms with Crippen LogP contribution < -0.4 is 11.5 Å². The first kappa shape index (κ1) is 14.7. The molecule has 0 atom stereocenters. The Hall–Kier alpha value is -3.60. The van der Waals surface area contributed by atoms with Crippen LogP contribution in [0.15, 0.2) is 60.8 Å². The van der Waals surface area contributed by atoms with Gasteiger partial charge in [-0.3, -0.25) is 0 Å². The van der Waals surface area contributed by atoms with Crippen molar-refractivity contribution < 1.29 is 0 Å². The molecule has 2 aromatic heterocycles. The Kier molecular flexibility index (Phi) is 2.94. The third-order valence-electron chi connectivity index (χ3n) is 4.92. The molecule has 4 N–H and O–H groups in total. The van der Waals surface area contributed by atoms with Crippen molar-refractivity contribution in [3.63, 3.8) is 0 Å². The number of aromatic nitrogens is 3. The van der Waals surface area contributed by atoms with E-state index in [0.29, 0.717) is 5.82 Å². The molecule has 0 spiro atoms. The lowest BCUT2D eigenvalue weighted by Gasteiger charge is -2.12. The first-order valence-electron chi connectivity index (χ1n) is 8.42. The van der Waals surface area contributed by atoms with Gasteiger partial charge in [0.05, 0.1) is 16.4 Å². The zero-order valence-corrected chi connectivity index (χ0v) is 14.3. The van der Waals surface area contributed by atoms with Crippen LogP contribution >= 0.6 is 0 Å². The van der Waals surface area contributed by atoms with E-state index in [1.54, 1.807) is 0 Å². The number of fused-ring (bicyclic) bond motifs is 4. The summed E-state index contributed by atoms with van der Waals surface area (Å²) in [6.45, 7) is 0. The second kappa shape index (κ2) is 5.20. The number of nitrogens with two attached hydrogens (primary N) is 2. The number of nitrogen functional groups attached to an aromatic ring is 2. The van der Waals surface area contributed by atoms with Gasteiger partial charge < -0.3 is 16.0 Å². The molecule has 2 heterocycles. The molecular formula is C21H17N5. The molecular weight excluding hydrogens is 322 g/mol. The second-order valence-electron chi connectivity index (χ2n) is 6.54. The van der Waals surface area contributed by atoms with E-state index < -0.39 is 0 Å². The molecule has 0 saturated heterocycles. The van der Waals surface area contributed by atoms with E-state index in [1.165, 1.54) is 10.8 Å². The van der Waals surface area contributed by atoms with Crippen molar-refractivity contribution in [3.05, 3.63) is 60.8 Å². The summed E-state index contributed by atoms with van der Waals surface area (Å²) in [4.78, 5) is 8.56. The van der Waals surface area contributed by atoms with Crippen LogP contribution in [0.3, 0.4) is 0 Å². The molecule has 0 aliphatic carbocycles. The zero-order valence-electron chi connectivity index (χ0n) is 14.3. The normalized spacial score (nSPS) is 11.6. The van der Waals surface area contributed by atoms with Crippen molar-refractivity contribution in [1.29, 1.82) is 0 Å². The highest BCUT2D eigenvalue weighted by Crippen LogP contribution is 2.37. The van der Waals surface area contributed by atoms with Crippen molar-refractivity contribution >= 4 is 44.3 Å². The molecule has 0 bridgehead atoms. The van der Waals surface area contributed by atoms with E-state index in [2.05, 4.69) is 69.1 Å². The summed E-state index contributed by atoms with van der Waals surface area (Å²) in [5, 5.41) is 4.30. The number of hydrogen-bond acceptors (Lipinski definition) is 4. The van der Waals surface area contributed by atoms with Crippen molar-refractivity contribution in [3.8, 4) is 11.1 Å². The summed E-state index contributed by atoms with van der Waals surface area (Å²) in [6.07, 6.45) is 2.03. The van der Waals surface area contributed by atoms with E-state index in [0.717, 1.165) is 32.9 Å². The van der Waals surface area contributed by atoms with E-state index in [4.69, 9.17) is 11.5 Å². The zero-order chi connectivity index (χ0) is 17.8. The van der Waals surface area contributed by atoms with Gasteiger partial charge in [-0.25, -0.2) is 4.98 Å². The average Bonchev–Trinajstić information content (AvgIpc) is 3.02. The minimum atomic E-state index is 0.190. The predicted octanol–water partition coefficient (Wildman–Crippen LogP) is 4.11.